The molecule has 0 spiro atoms. The van der Waals surface area contributed by atoms with Gasteiger partial charge in [-0.05, 0) is 0 Å². The number of hydrogen-bond donors (Lipinski definition) is 1. The van der Waals surface area contributed by atoms with E-state index in [2.05, 4.69) is 16.6 Å². The molecule has 84 valence electrons. The Morgan fingerprint density at radius 1 is 1.80 bits per heavy atom. The van der Waals surface area contributed by atoms with E-state index in [0.717, 1.165) is 6.54 Å². The van der Waals surface area contributed by atoms with Crippen molar-refractivity contribution in [1.29, 1.82) is 0 Å². The van der Waals surface area contributed by atoms with Gasteiger partial charge in [0.1, 0.15) is 0 Å². The second kappa shape index (κ2) is 5.50. The van der Waals surface area contributed by atoms with Crippen LogP contribution in [0.2, 0.25) is 0 Å². The van der Waals surface area contributed by atoms with Crippen molar-refractivity contribution < 1.29 is 14.3 Å². The third kappa shape index (κ3) is 3.06. The van der Waals surface area contributed by atoms with Gasteiger partial charge in [0.05, 0.1) is 19.6 Å². The smallest absolute Gasteiger partial charge is 0.307 e. The highest BCUT2D eigenvalue weighted by Gasteiger charge is 2.30. The fourth-order valence-corrected chi connectivity index (χ4v) is 1.61. The molecule has 0 saturated carbocycles. The van der Waals surface area contributed by atoms with Crippen LogP contribution in [0.5, 0.6) is 0 Å². The maximum absolute atomic E-state index is 11.5. The predicted octanol–water partition coefficient (Wildman–Crippen LogP) is -0.464. The standard InChI is InChI=1S/C10H16N2O3/c1-3-5-12-6-4-11-10(14)8(12)7-9(13)15-2/h3,8H,1,4-7H2,2H3,(H,11,14)/t8-/m0/s1. The number of carbonyl (C=O) groups excluding carboxylic acids is 2. The van der Waals surface area contributed by atoms with Crippen molar-refractivity contribution >= 4 is 11.9 Å². The normalized spacial score (nSPS) is 21.9. The van der Waals surface area contributed by atoms with E-state index in [1.165, 1.54) is 7.11 Å². The number of nitrogens with one attached hydrogen (secondary N) is 1. The number of piperazine rings is 1. The molecule has 1 heterocycles. The molecule has 1 fully saturated rings. The Hall–Kier alpha value is -1.36. The number of amides is 1. The van der Waals surface area contributed by atoms with Crippen molar-refractivity contribution in [1.82, 2.24) is 10.2 Å². The third-order valence-electron chi connectivity index (χ3n) is 2.39. The van der Waals surface area contributed by atoms with Crippen LogP contribution >= 0.6 is 0 Å². The Kier molecular flexibility index (Phi) is 4.30. The van der Waals surface area contributed by atoms with Crippen molar-refractivity contribution in [3.8, 4) is 0 Å². The molecular weight excluding hydrogens is 196 g/mol. The van der Waals surface area contributed by atoms with Crippen molar-refractivity contribution in [3.63, 3.8) is 0 Å². The zero-order chi connectivity index (χ0) is 11.3. The first-order valence-electron chi connectivity index (χ1n) is 4.88. The highest BCUT2D eigenvalue weighted by atomic mass is 16.5. The fourth-order valence-electron chi connectivity index (χ4n) is 1.61. The molecule has 15 heavy (non-hydrogen) atoms. The molecule has 1 amide bonds. The van der Waals surface area contributed by atoms with Crippen LogP contribution in [0.1, 0.15) is 6.42 Å². The molecule has 1 rings (SSSR count). The Morgan fingerprint density at radius 3 is 3.13 bits per heavy atom. The molecule has 1 aliphatic heterocycles. The van der Waals surface area contributed by atoms with Crippen molar-refractivity contribution in [2.45, 2.75) is 12.5 Å². The van der Waals surface area contributed by atoms with Gasteiger partial charge < -0.3 is 10.1 Å². The summed E-state index contributed by atoms with van der Waals surface area (Å²) in [6, 6.07) is -0.427. The van der Waals surface area contributed by atoms with Crippen LogP contribution in [0.4, 0.5) is 0 Å². The van der Waals surface area contributed by atoms with Crippen molar-refractivity contribution in [2.24, 2.45) is 0 Å². The SMILES string of the molecule is C=CCN1CCNC(=O)[C@@H]1CC(=O)OC. The van der Waals surface area contributed by atoms with E-state index in [1.54, 1.807) is 6.08 Å². The number of hydrogen-bond acceptors (Lipinski definition) is 4. The van der Waals surface area contributed by atoms with E-state index in [0.29, 0.717) is 13.1 Å². The Morgan fingerprint density at radius 2 is 2.53 bits per heavy atom. The van der Waals surface area contributed by atoms with Gasteiger partial charge in [0.25, 0.3) is 0 Å². The molecular formula is C10H16N2O3. The van der Waals surface area contributed by atoms with Crippen LogP contribution in [0.3, 0.4) is 0 Å². The predicted molar refractivity (Wildman–Crippen MR) is 55.2 cm³/mol. The molecule has 0 aromatic rings. The quantitative estimate of drug-likeness (QED) is 0.506. The second-order valence-electron chi connectivity index (χ2n) is 3.37. The molecule has 0 radical (unpaired) electrons. The minimum atomic E-state index is -0.427. The van der Waals surface area contributed by atoms with E-state index in [4.69, 9.17) is 0 Å². The van der Waals surface area contributed by atoms with Gasteiger partial charge in [0.2, 0.25) is 5.91 Å². The lowest BCUT2D eigenvalue weighted by Crippen LogP contribution is -2.55. The van der Waals surface area contributed by atoms with Crippen LogP contribution in [-0.4, -0.2) is 49.6 Å². The fraction of sp³-hybridized carbons (Fsp3) is 0.600. The number of nitrogens with zero attached hydrogens (tertiary/aromatic N) is 1. The van der Waals surface area contributed by atoms with Gasteiger partial charge in [-0.15, -0.1) is 6.58 Å². The average molecular weight is 212 g/mol. The van der Waals surface area contributed by atoms with Gasteiger partial charge in [-0.2, -0.15) is 0 Å². The number of ether oxygens (including phenoxy) is 1. The molecule has 0 aromatic carbocycles. The maximum atomic E-state index is 11.5. The summed E-state index contributed by atoms with van der Waals surface area (Å²) in [7, 11) is 1.32. The van der Waals surface area contributed by atoms with E-state index >= 15 is 0 Å². The first-order valence-corrected chi connectivity index (χ1v) is 4.88. The zero-order valence-electron chi connectivity index (χ0n) is 8.86. The minimum absolute atomic E-state index is 0.0934. The topological polar surface area (TPSA) is 58.6 Å². The van der Waals surface area contributed by atoms with Gasteiger partial charge in [0, 0.05) is 19.6 Å². The maximum Gasteiger partial charge on any atom is 0.307 e. The summed E-state index contributed by atoms with van der Waals surface area (Å²) in [6.45, 7) is 5.58. The van der Waals surface area contributed by atoms with Crippen molar-refractivity contribution in [2.75, 3.05) is 26.7 Å². The Labute approximate surface area is 89.1 Å². The molecule has 5 heteroatoms. The summed E-state index contributed by atoms with van der Waals surface area (Å²) in [6.07, 6.45) is 1.82. The van der Waals surface area contributed by atoms with E-state index in [-0.39, 0.29) is 18.3 Å². The summed E-state index contributed by atoms with van der Waals surface area (Å²) in [5.74, 6) is -0.486. The summed E-state index contributed by atoms with van der Waals surface area (Å²) in [4.78, 5) is 24.6. The number of rotatable bonds is 4. The summed E-state index contributed by atoms with van der Waals surface area (Å²) in [5, 5.41) is 2.73. The largest absolute Gasteiger partial charge is 0.469 e. The molecule has 0 aromatic heterocycles. The van der Waals surface area contributed by atoms with E-state index in [1.807, 2.05) is 4.90 Å². The van der Waals surface area contributed by atoms with Crippen LogP contribution in [0.15, 0.2) is 12.7 Å². The lowest BCUT2D eigenvalue weighted by molar-refractivity contribution is -0.145. The number of carbonyl (C=O) groups is 2. The van der Waals surface area contributed by atoms with Gasteiger partial charge in [-0.1, -0.05) is 6.08 Å². The van der Waals surface area contributed by atoms with E-state index < -0.39 is 6.04 Å². The molecule has 5 nitrogen and oxygen atoms in total. The molecule has 0 unspecified atom stereocenters. The molecule has 0 aliphatic carbocycles. The summed E-state index contributed by atoms with van der Waals surface area (Å²) < 4.78 is 4.56. The first-order chi connectivity index (χ1) is 7.19. The van der Waals surface area contributed by atoms with Crippen LogP contribution in [-0.2, 0) is 14.3 Å². The highest BCUT2D eigenvalue weighted by molar-refractivity contribution is 5.87. The molecule has 1 N–H and O–H groups in total. The van der Waals surface area contributed by atoms with Gasteiger partial charge >= 0.3 is 5.97 Å². The monoisotopic (exact) mass is 212 g/mol. The lowest BCUT2D eigenvalue weighted by atomic mass is 10.1. The first kappa shape index (κ1) is 11.7. The van der Waals surface area contributed by atoms with Gasteiger partial charge in [0.15, 0.2) is 0 Å². The number of esters is 1. The molecule has 1 aliphatic rings. The average Bonchev–Trinajstić information content (AvgIpc) is 2.23. The Bertz CT molecular complexity index is 265. The van der Waals surface area contributed by atoms with Crippen LogP contribution in [0.25, 0.3) is 0 Å². The summed E-state index contributed by atoms with van der Waals surface area (Å²) >= 11 is 0. The van der Waals surface area contributed by atoms with Gasteiger partial charge in [-0.3, -0.25) is 14.5 Å². The van der Waals surface area contributed by atoms with Gasteiger partial charge in [-0.25, -0.2) is 0 Å². The third-order valence-corrected chi connectivity index (χ3v) is 2.39. The van der Waals surface area contributed by atoms with Crippen LogP contribution in [0, 0.1) is 0 Å². The highest BCUT2D eigenvalue weighted by Crippen LogP contribution is 2.09. The van der Waals surface area contributed by atoms with E-state index in [9.17, 15) is 9.59 Å². The minimum Gasteiger partial charge on any atom is -0.469 e. The molecule has 1 atom stereocenters. The van der Waals surface area contributed by atoms with Crippen LogP contribution < -0.4 is 5.32 Å². The zero-order valence-corrected chi connectivity index (χ0v) is 8.86. The second-order valence-corrected chi connectivity index (χ2v) is 3.37. The molecule has 0 bridgehead atoms. The summed E-state index contributed by atoms with van der Waals surface area (Å²) in [5.41, 5.74) is 0. The Balaban J connectivity index is 2.63. The lowest BCUT2D eigenvalue weighted by Gasteiger charge is -2.33. The number of methoxy groups -OCH3 is 1. The molecule has 1 saturated heterocycles. The van der Waals surface area contributed by atoms with Crippen molar-refractivity contribution in [3.05, 3.63) is 12.7 Å².